The Bertz CT molecular complexity index is 1160. The van der Waals surface area contributed by atoms with Gasteiger partial charge in [-0.1, -0.05) is 29.8 Å². The Morgan fingerprint density at radius 2 is 1.75 bits per heavy atom. The van der Waals surface area contributed by atoms with Gasteiger partial charge in [0, 0.05) is 55.9 Å². The number of rotatable bonds is 5. The molecule has 162 valence electrons. The first-order chi connectivity index (χ1) is 15.4. The number of fused-ring (bicyclic) bond motifs is 1. The molecule has 5 heteroatoms. The third-order valence-corrected chi connectivity index (χ3v) is 5.61. The number of carbonyl (C=O) groups excluding carboxylic acids is 2. The number of anilines is 1. The molecular weight excluding hydrogens is 398 g/mol. The molecule has 0 spiro atoms. The Morgan fingerprint density at radius 1 is 1.00 bits per heavy atom. The van der Waals surface area contributed by atoms with Crippen LogP contribution in [0.4, 0.5) is 5.69 Å². The van der Waals surface area contributed by atoms with Crippen molar-refractivity contribution in [1.82, 2.24) is 9.88 Å². The number of allylic oxidation sites excluding steroid dienone is 1. The highest BCUT2D eigenvalue weighted by Crippen LogP contribution is 2.30. The second kappa shape index (κ2) is 9.18. The van der Waals surface area contributed by atoms with E-state index in [1.54, 1.807) is 29.4 Å². The van der Waals surface area contributed by atoms with Crippen LogP contribution < -0.4 is 4.90 Å². The van der Waals surface area contributed by atoms with Gasteiger partial charge in [0.2, 0.25) is 0 Å². The first-order valence-corrected chi connectivity index (χ1v) is 10.8. The Kier molecular flexibility index (Phi) is 6.17. The van der Waals surface area contributed by atoms with Crippen molar-refractivity contribution in [3.63, 3.8) is 0 Å². The average molecular weight is 426 g/mol. The summed E-state index contributed by atoms with van der Waals surface area (Å²) < 4.78 is 0. The summed E-state index contributed by atoms with van der Waals surface area (Å²) >= 11 is 0. The van der Waals surface area contributed by atoms with Crippen molar-refractivity contribution in [2.45, 2.75) is 19.8 Å². The van der Waals surface area contributed by atoms with Crippen molar-refractivity contribution < 1.29 is 9.59 Å². The molecule has 2 aromatic carbocycles. The first-order valence-electron chi connectivity index (χ1n) is 10.8. The summed E-state index contributed by atoms with van der Waals surface area (Å²) in [6, 6.07) is 17.5. The summed E-state index contributed by atoms with van der Waals surface area (Å²) in [7, 11) is 3.75. The van der Waals surface area contributed by atoms with Crippen molar-refractivity contribution in [3.8, 4) is 11.3 Å². The van der Waals surface area contributed by atoms with Gasteiger partial charge >= 0.3 is 0 Å². The van der Waals surface area contributed by atoms with Crippen molar-refractivity contribution in [2.24, 2.45) is 0 Å². The van der Waals surface area contributed by atoms with Gasteiger partial charge in [-0.05, 0) is 55.7 Å². The van der Waals surface area contributed by atoms with Crippen LogP contribution in [0.3, 0.4) is 0 Å². The second-order valence-corrected chi connectivity index (χ2v) is 8.35. The molecule has 2 heterocycles. The van der Waals surface area contributed by atoms with Crippen LogP contribution in [0.1, 0.15) is 38.3 Å². The smallest absolute Gasteiger partial charge is 0.259 e. The molecule has 1 aliphatic rings. The van der Waals surface area contributed by atoms with Gasteiger partial charge in [0.05, 0.1) is 11.3 Å². The zero-order chi connectivity index (χ0) is 22.7. The molecule has 4 rings (SSSR count). The molecule has 0 atom stereocenters. The number of benzene rings is 2. The number of ketones is 1. The summed E-state index contributed by atoms with van der Waals surface area (Å²) in [5, 5.41) is 0. The lowest BCUT2D eigenvalue weighted by Gasteiger charge is -2.30. The van der Waals surface area contributed by atoms with E-state index in [1.807, 2.05) is 55.4 Å². The van der Waals surface area contributed by atoms with Crippen LogP contribution in [-0.4, -0.2) is 42.2 Å². The van der Waals surface area contributed by atoms with Crippen LogP contribution in [0.5, 0.6) is 0 Å². The Hall–Kier alpha value is -3.73. The Labute approximate surface area is 189 Å². The minimum atomic E-state index is -0.0690. The number of aromatic nitrogens is 1. The van der Waals surface area contributed by atoms with Crippen molar-refractivity contribution >= 4 is 17.4 Å². The molecule has 3 aromatic rings. The molecule has 1 aromatic heterocycles. The van der Waals surface area contributed by atoms with E-state index < -0.39 is 0 Å². The van der Waals surface area contributed by atoms with E-state index in [-0.39, 0.29) is 11.7 Å². The number of hydrogen-bond donors (Lipinski definition) is 0. The van der Waals surface area contributed by atoms with E-state index in [0.717, 1.165) is 35.3 Å². The Morgan fingerprint density at radius 3 is 2.44 bits per heavy atom. The molecule has 0 radical (unpaired) electrons. The molecular formula is C27H27N3O2. The number of pyridine rings is 1. The molecule has 32 heavy (non-hydrogen) atoms. The summed E-state index contributed by atoms with van der Waals surface area (Å²) in [6.07, 6.45) is 6.66. The predicted octanol–water partition coefficient (Wildman–Crippen LogP) is 4.91. The van der Waals surface area contributed by atoms with Gasteiger partial charge in [-0.3, -0.25) is 14.6 Å². The van der Waals surface area contributed by atoms with Gasteiger partial charge in [0.1, 0.15) is 0 Å². The topological polar surface area (TPSA) is 53.5 Å². The summed E-state index contributed by atoms with van der Waals surface area (Å²) in [6.45, 7) is 2.70. The van der Waals surface area contributed by atoms with E-state index in [4.69, 9.17) is 0 Å². The largest absolute Gasteiger partial charge is 0.383 e. The number of aryl methyl sites for hydroxylation is 2. The minimum absolute atomic E-state index is 0.0409. The fourth-order valence-electron chi connectivity index (χ4n) is 3.85. The third kappa shape index (κ3) is 4.62. The van der Waals surface area contributed by atoms with Gasteiger partial charge in [-0.25, -0.2) is 0 Å². The summed E-state index contributed by atoms with van der Waals surface area (Å²) in [4.78, 5) is 33.8. The molecule has 0 aliphatic carbocycles. The fraction of sp³-hybridized carbons (Fsp3) is 0.222. The van der Waals surface area contributed by atoms with Crippen LogP contribution in [0.25, 0.3) is 11.3 Å². The quantitative estimate of drug-likeness (QED) is 0.431. The lowest BCUT2D eigenvalue weighted by molar-refractivity contribution is 0.0984. The molecule has 0 fully saturated rings. The Balaban J connectivity index is 1.55. The normalized spacial score (nSPS) is 13.2. The van der Waals surface area contributed by atoms with Gasteiger partial charge < -0.3 is 9.80 Å². The third-order valence-electron chi connectivity index (χ3n) is 5.61. The summed E-state index contributed by atoms with van der Waals surface area (Å²) in [5.74, 6) is -0.110. The van der Waals surface area contributed by atoms with Gasteiger partial charge in [0.25, 0.3) is 5.91 Å². The van der Waals surface area contributed by atoms with E-state index in [2.05, 4.69) is 24.0 Å². The molecule has 0 N–H and O–H groups in total. The van der Waals surface area contributed by atoms with Crippen molar-refractivity contribution in [1.29, 1.82) is 0 Å². The van der Waals surface area contributed by atoms with Crippen molar-refractivity contribution in [2.75, 3.05) is 25.5 Å². The number of carbonyl (C=O) groups is 2. The average Bonchev–Trinajstić information content (AvgIpc) is 2.82. The maximum absolute atomic E-state index is 13.3. The van der Waals surface area contributed by atoms with Crippen LogP contribution in [0.2, 0.25) is 0 Å². The molecule has 0 saturated heterocycles. The monoisotopic (exact) mass is 425 g/mol. The molecule has 0 saturated carbocycles. The van der Waals surface area contributed by atoms with E-state index >= 15 is 0 Å². The maximum Gasteiger partial charge on any atom is 0.259 e. The van der Waals surface area contributed by atoms with Crippen LogP contribution in [0.15, 0.2) is 73.1 Å². The lowest BCUT2D eigenvalue weighted by atomic mass is 9.97. The number of hydrogen-bond acceptors (Lipinski definition) is 4. The van der Waals surface area contributed by atoms with Gasteiger partial charge in [-0.15, -0.1) is 0 Å². The maximum atomic E-state index is 13.3. The highest BCUT2D eigenvalue weighted by molar-refractivity contribution is 6.08. The molecule has 0 unspecified atom stereocenters. The predicted molar refractivity (Wildman–Crippen MR) is 128 cm³/mol. The number of nitrogens with zero attached hydrogens (tertiary/aromatic N) is 3. The number of amides is 1. The van der Waals surface area contributed by atoms with Crippen LogP contribution >= 0.6 is 0 Å². The highest BCUT2D eigenvalue weighted by Gasteiger charge is 2.24. The van der Waals surface area contributed by atoms with Gasteiger partial charge in [-0.2, -0.15) is 0 Å². The van der Waals surface area contributed by atoms with Crippen LogP contribution in [0, 0.1) is 6.92 Å². The van der Waals surface area contributed by atoms with E-state index in [9.17, 15) is 9.59 Å². The SMILES string of the molecule is Cc1ccc(-c2ccc(C(=O)N3CCCc4cc(C(=O)C=CN(C)C)ccc43)cn2)cc1. The van der Waals surface area contributed by atoms with E-state index in [0.29, 0.717) is 17.7 Å². The molecule has 5 nitrogen and oxygen atoms in total. The van der Waals surface area contributed by atoms with E-state index in [1.165, 1.54) is 5.56 Å². The first kappa shape index (κ1) is 21.5. The molecule has 1 amide bonds. The highest BCUT2D eigenvalue weighted by atomic mass is 16.2. The zero-order valence-electron chi connectivity index (χ0n) is 18.7. The molecule has 1 aliphatic heterocycles. The van der Waals surface area contributed by atoms with Crippen LogP contribution in [-0.2, 0) is 6.42 Å². The second-order valence-electron chi connectivity index (χ2n) is 8.35. The van der Waals surface area contributed by atoms with Gasteiger partial charge in [0.15, 0.2) is 5.78 Å². The molecule has 0 bridgehead atoms. The minimum Gasteiger partial charge on any atom is -0.383 e. The van der Waals surface area contributed by atoms with Crippen molar-refractivity contribution in [3.05, 3.63) is 95.3 Å². The fourth-order valence-corrected chi connectivity index (χ4v) is 3.85. The standard InChI is InChI=1S/C27H27N3O2/c1-19-6-8-20(9-7-19)24-12-10-23(18-28-24)27(32)30-15-4-5-21-17-22(11-13-25(21)30)26(31)14-16-29(2)3/h6-14,16-18H,4-5,15H2,1-3H3. The zero-order valence-corrected chi connectivity index (χ0v) is 18.7. The summed E-state index contributed by atoms with van der Waals surface area (Å²) in [5.41, 5.74) is 6.16. The lowest BCUT2D eigenvalue weighted by Crippen LogP contribution is -2.35.